The molecule has 1 unspecified atom stereocenters. The van der Waals surface area contributed by atoms with Crippen molar-refractivity contribution in [3.8, 4) is 0 Å². The summed E-state index contributed by atoms with van der Waals surface area (Å²) < 4.78 is 29.0. The molecule has 0 N–H and O–H groups in total. The molecule has 37 heavy (non-hydrogen) atoms. The van der Waals surface area contributed by atoms with Crippen molar-refractivity contribution in [2.45, 2.75) is 45.1 Å². The maximum absolute atomic E-state index is 13.8. The van der Waals surface area contributed by atoms with Crippen molar-refractivity contribution >= 4 is 42.6 Å². The molecular formula is C29H31N3O3S2. The van der Waals surface area contributed by atoms with Crippen LogP contribution < -0.4 is 4.90 Å². The third-order valence-electron chi connectivity index (χ3n) is 7.01. The van der Waals surface area contributed by atoms with Gasteiger partial charge in [-0.25, -0.2) is 13.4 Å². The van der Waals surface area contributed by atoms with E-state index in [1.165, 1.54) is 16.9 Å². The number of aromatic nitrogens is 1. The van der Waals surface area contributed by atoms with Crippen molar-refractivity contribution in [2.24, 2.45) is 5.92 Å². The maximum atomic E-state index is 13.8. The summed E-state index contributed by atoms with van der Waals surface area (Å²) in [5, 5.41) is 0.618. The second kappa shape index (κ2) is 10.4. The van der Waals surface area contributed by atoms with Crippen molar-refractivity contribution in [1.29, 1.82) is 0 Å². The van der Waals surface area contributed by atoms with Gasteiger partial charge in [0, 0.05) is 18.7 Å². The Morgan fingerprint density at radius 3 is 2.46 bits per heavy atom. The largest absolute Gasteiger partial charge is 0.279 e. The monoisotopic (exact) mass is 533 g/mol. The van der Waals surface area contributed by atoms with E-state index in [-0.39, 0.29) is 10.8 Å². The summed E-state index contributed by atoms with van der Waals surface area (Å²) in [6, 6.07) is 20.3. The zero-order chi connectivity index (χ0) is 26.2. The molecule has 1 aromatic heterocycles. The highest BCUT2D eigenvalue weighted by Crippen LogP contribution is 2.33. The Morgan fingerprint density at radius 2 is 1.76 bits per heavy atom. The Hall–Kier alpha value is -3.07. The Kier molecular flexibility index (Phi) is 7.16. The minimum Gasteiger partial charge on any atom is -0.279 e. The summed E-state index contributed by atoms with van der Waals surface area (Å²) in [4.78, 5) is 20.5. The van der Waals surface area contributed by atoms with Crippen molar-refractivity contribution in [1.82, 2.24) is 9.29 Å². The molecule has 0 aliphatic carbocycles. The number of anilines is 1. The van der Waals surface area contributed by atoms with Crippen LogP contribution in [0.15, 0.2) is 71.6 Å². The van der Waals surface area contributed by atoms with E-state index in [9.17, 15) is 13.2 Å². The lowest BCUT2D eigenvalue weighted by molar-refractivity contribution is 0.0985. The van der Waals surface area contributed by atoms with Gasteiger partial charge in [-0.3, -0.25) is 9.69 Å². The lowest BCUT2D eigenvalue weighted by atomic mass is 10.0. The summed E-state index contributed by atoms with van der Waals surface area (Å²) in [5.74, 6) is 0.129. The topological polar surface area (TPSA) is 70.6 Å². The molecule has 6 nitrogen and oxygen atoms in total. The van der Waals surface area contributed by atoms with Gasteiger partial charge in [0.15, 0.2) is 5.13 Å². The van der Waals surface area contributed by atoms with Crippen LogP contribution in [0.2, 0.25) is 0 Å². The fourth-order valence-electron chi connectivity index (χ4n) is 4.71. The number of fused-ring (bicyclic) bond motifs is 1. The van der Waals surface area contributed by atoms with Gasteiger partial charge in [-0.05, 0) is 85.7 Å². The first-order valence-electron chi connectivity index (χ1n) is 12.6. The van der Waals surface area contributed by atoms with Gasteiger partial charge in [-0.1, -0.05) is 48.6 Å². The Bertz CT molecular complexity index is 1490. The molecule has 5 rings (SSSR count). The molecule has 3 aromatic carbocycles. The number of carbonyl (C=O) groups is 1. The normalized spacial score (nSPS) is 16.7. The summed E-state index contributed by atoms with van der Waals surface area (Å²) in [6.45, 7) is 7.64. The lowest BCUT2D eigenvalue weighted by Gasteiger charge is -2.30. The molecule has 1 saturated heterocycles. The number of carbonyl (C=O) groups excluding carboxylic acids is 1. The number of nitrogens with zero attached hydrogens (tertiary/aromatic N) is 3. The van der Waals surface area contributed by atoms with E-state index in [1.54, 1.807) is 33.5 Å². The number of hydrogen-bond acceptors (Lipinski definition) is 5. The van der Waals surface area contributed by atoms with E-state index in [0.29, 0.717) is 36.2 Å². The Labute approximate surface area is 222 Å². The van der Waals surface area contributed by atoms with Crippen LogP contribution >= 0.6 is 11.3 Å². The first-order valence-corrected chi connectivity index (χ1v) is 14.8. The van der Waals surface area contributed by atoms with Crippen molar-refractivity contribution in [2.75, 3.05) is 18.0 Å². The number of amides is 1. The van der Waals surface area contributed by atoms with Crippen molar-refractivity contribution < 1.29 is 13.2 Å². The van der Waals surface area contributed by atoms with Gasteiger partial charge >= 0.3 is 0 Å². The number of sulfonamides is 1. The van der Waals surface area contributed by atoms with Gasteiger partial charge in [-0.2, -0.15) is 4.31 Å². The zero-order valence-corrected chi connectivity index (χ0v) is 23.0. The van der Waals surface area contributed by atoms with E-state index >= 15 is 0 Å². The first-order chi connectivity index (χ1) is 17.7. The fourth-order valence-corrected chi connectivity index (χ4v) is 7.36. The standard InChI is InChI=1S/C29H31N3O3S2/c1-20-8-7-15-31(18-20)37(34,35)25-13-11-24(12-14-25)28(33)32(19-23-9-5-4-6-10-23)29-30-26-16-21(2)22(3)17-27(26)36-29/h4-6,9-14,16-17,20H,7-8,15,18-19H2,1-3H3. The van der Waals surface area contributed by atoms with Crippen molar-refractivity contribution in [3.05, 3.63) is 89.0 Å². The molecule has 0 radical (unpaired) electrons. The second-order valence-corrected chi connectivity index (χ2v) is 12.9. The average Bonchev–Trinajstić information content (AvgIpc) is 3.30. The predicted molar refractivity (Wildman–Crippen MR) is 150 cm³/mol. The van der Waals surface area contributed by atoms with Crippen LogP contribution in [0.5, 0.6) is 0 Å². The van der Waals surface area contributed by atoms with Crippen LogP contribution in [-0.4, -0.2) is 36.7 Å². The van der Waals surface area contributed by atoms with Gasteiger partial charge in [-0.15, -0.1) is 0 Å². The Morgan fingerprint density at radius 1 is 1.05 bits per heavy atom. The molecule has 1 aliphatic heterocycles. The van der Waals surface area contributed by atoms with E-state index in [1.807, 2.05) is 30.3 Å². The fraction of sp³-hybridized carbons (Fsp3) is 0.310. The Balaban J connectivity index is 1.47. The van der Waals surface area contributed by atoms with Crippen LogP contribution in [0.3, 0.4) is 0 Å². The average molecular weight is 534 g/mol. The molecule has 4 aromatic rings. The van der Waals surface area contributed by atoms with Crippen LogP contribution in [0, 0.1) is 19.8 Å². The van der Waals surface area contributed by atoms with Gasteiger partial charge in [0.05, 0.1) is 21.7 Å². The summed E-state index contributed by atoms with van der Waals surface area (Å²) >= 11 is 1.49. The molecule has 0 spiro atoms. The lowest BCUT2D eigenvalue weighted by Crippen LogP contribution is -2.39. The minimum absolute atomic E-state index is 0.216. The van der Waals surface area contributed by atoms with Crippen LogP contribution in [0.1, 0.15) is 46.8 Å². The van der Waals surface area contributed by atoms with E-state index in [4.69, 9.17) is 4.98 Å². The first kappa shape index (κ1) is 25.6. The highest BCUT2D eigenvalue weighted by atomic mass is 32.2. The summed E-state index contributed by atoms with van der Waals surface area (Å²) in [6.07, 6.45) is 1.91. The minimum atomic E-state index is -3.59. The number of rotatable bonds is 6. The molecule has 192 valence electrons. The molecule has 2 heterocycles. The number of hydrogen-bond donors (Lipinski definition) is 0. The van der Waals surface area contributed by atoms with Crippen LogP contribution in [-0.2, 0) is 16.6 Å². The molecule has 1 amide bonds. The van der Waals surface area contributed by atoms with Crippen molar-refractivity contribution in [3.63, 3.8) is 0 Å². The second-order valence-electron chi connectivity index (χ2n) is 9.91. The molecule has 8 heteroatoms. The third-order valence-corrected chi connectivity index (χ3v) is 9.93. The number of aryl methyl sites for hydroxylation is 2. The number of benzene rings is 3. The summed E-state index contributed by atoms with van der Waals surface area (Å²) in [7, 11) is -3.59. The third kappa shape index (κ3) is 5.32. The van der Waals surface area contributed by atoms with Gasteiger partial charge in [0.2, 0.25) is 10.0 Å². The highest BCUT2D eigenvalue weighted by molar-refractivity contribution is 7.89. The molecule has 1 atom stereocenters. The van der Waals surface area contributed by atoms with Crippen LogP contribution in [0.4, 0.5) is 5.13 Å². The van der Waals surface area contributed by atoms with Gasteiger partial charge < -0.3 is 0 Å². The van der Waals surface area contributed by atoms with Gasteiger partial charge in [0.1, 0.15) is 0 Å². The number of piperidine rings is 1. The van der Waals surface area contributed by atoms with E-state index < -0.39 is 10.0 Å². The number of thiazole rings is 1. The van der Waals surface area contributed by atoms with E-state index in [2.05, 4.69) is 32.9 Å². The molecule has 1 aliphatic rings. The SMILES string of the molecule is Cc1cc2nc(N(Cc3ccccc3)C(=O)c3ccc(S(=O)(=O)N4CCCC(C)C4)cc3)sc2cc1C. The smallest absolute Gasteiger partial charge is 0.260 e. The summed E-state index contributed by atoms with van der Waals surface area (Å²) in [5.41, 5.74) is 4.62. The zero-order valence-electron chi connectivity index (χ0n) is 21.3. The molecular weight excluding hydrogens is 502 g/mol. The van der Waals surface area contributed by atoms with Gasteiger partial charge in [0.25, 0.3) is 5.91 Å². The molecule has 0 saturated carbocycles. The van der Waals surface area contributed by atoms with E-state index in [0.717, 1.165) is 34.2 Å². The van der Waals surface area contributed by atoms with Crippen LogP contribution in [0.25, 0.3) is 10.2 Å². The predicted octanol–water partition coefficient (Wildman–Crippen LogP) is 6.18. The molecule has 0 bridgehead atoms. The highest BCUT2D eigenvalue weighted by Gasteiger charge is 2.29. The quantitative estimate of drug-likeness (QED) is 0.297. The molecule has 1 fully saturated rings. The maximum Gasteiger partial charge on any atom is 0.260 e.